The number of rotatable bonds is 4. The zero-order valence-corrected chi connectivity index (χ0v) is 13.3. The van der Waals surface area contributed by atoms with Crippen LogP contribution in [0.3, 0.4) is 0 Å². The lowest BCUT2D eigenvalue weighted by molar-refractivity contribution is -0.115. The second-order valence-corrected chi connectivity index (χ2v) is 7.47. The van der Waals surface area contributed by atoms with Crippen molar-refractivity contribution in [1.29, 1.82) is 0 Å². The molecule has 5 nitrogen and oxygen atoms in total. The molecule has 6 heteroatoms. The fourth-order valence-corrected chi connectivity index (χ4v) is 4.07. The number of nitrogens with one attached hydrogen (secondary N) is 1. The molecule has 0 spiro atoms. The lowest BCUT2D eigenvalue weighted by Crippen LogP contribution is -2.39. The zero-order chi connectivity index (χ0) is 15.5. The molecule has 1 fully saturated rings. The minimum absolute atomic E-state index is 0.0875. The number of piperidine rings is 1. The van der Waals surface area contributed by atoms with Gasteiger partial charge in [-0.15, -0.1) is 0 Å². The maximum absolute atomic E-state index is 12.6. The first-order valence-corrected chi connectivity index (χ1v) is 8.77. The van der Waals surface area contributed by atoms with Crippen LogP contribution in [-0.4, -0.2) is 31.7 Å². The molecule has 1 aliphatic heterocycles. The number of nitrogens with zero attached hydrogens (tertiary/aromatic N) is 1. The summed E-state index contributed by atoms with van der Waals surface area (Å²) in [6, 6.07) is 6.38. The molecule has 21 heavy (non-hydrogen) atoms. The molecule has 0 radical (unpaired) electrons. The van der Waals surface area contributed by atoms with Crippen LogP contribution >= 0.6 is 0 Å². The normalized spacial score (nSPS) is 20.2. The highest BCUT2D eigenvalue weighted by atomic mass is 32.2. The van der Waals surface area contributed by atoms with Crippen LogP contribution in [0.2, 0.25) is 0 Å². The summed E-state index contributed by atoms with van der Waals surface area (Å²) in [7, 11) is -3.43. The second kappa shape index (κ2) is 6.58. The zero-order valence-electron chi connectivity index (χ0n) is 12.5. The number of amides is 1. The average Bonchev–Trinajstić information content (AvgIpc) is 2.47. The van der Waals surface area contributed by atoms with E-state index in [1.165, 1.54) is 0 Å². The fraction of sp³-hybridized carbons (Fsp3) is 0.533. The van der Waals surface area contributed by atoms with E-state index in [0.29, 0.717) is 31.1 Å². The van der Waals surface area contributed by atoms with E-state index >= 15 is 0 Å². The van der Waals surface area contributed by atoms with Crippen molar-refractivity contribution in [1.82, 2.24) is 4.31 Å². The van der Waals surface area contributed by atoms with E-state index in [1.54, 1.807) is 35.5 Å². The summed E-state index contributed by atoms with van der Waals surface area (Å²) < 4.78 is 26.7. The summed E-state index contributed by atoms with van der Waals surface area (Å²) in [6.45, 7) is 5.01. The maximum atomic E-state index is 12.6. The Morgan fingerprint density at radius 1 is 1.33 bits per heavy atom. The first-order chi connectivity index (χ1) is 9.93. The number of hydrogen-bond donors (Lipinski definition) is 1. The molecule has 1 unspecified atom stereocenters. The second-order valence-electron chi connectivity index (χ2n) is 5.54. The minimum atomic E-state index is -3.43. The van der Waals surface area contributed by atoms with Gasteiger partial charge in [0.2, 0.25) is 15.9 Å². The largest absolute Gasteiger partial charge is 0.326 e. The van der Waals surface area contributed by atoms with Crippen LogP contribution in [0.4, 0.5) is 5.69 Å². The van der Waals surface area contributed by atoms with Gasteiger partial charge in [-0.05, 0) is 43.0 Å². The van der Waals surface area contributed by atoms with Gasteiger partial charge in [-0.25, -0.2) is 8.42 Å². The molecule has 2 rings (SSSR count). The van der Waals surface area contributed by atoms with Crippen molar-refractivity contribution >= 4 is 21.6 Å². The van der Waals surface area contributed by atoms with Crippen molar-refractivity contribution in [3.63, 3.8) is 0 Å². The van der Waals surface area contributed by atoms with Gasteiger partial charge in [0.1, 0.15) is 0 Å². The van der Waals surface area contributed by atoms with Gasteiger partial charge in [0.25, 0.3) is 0 Å². The Morgan fingerprint density at radius 3 is 2.57 bits per heavy atom. The van der Waals surface area contributed by atoms with E-state index in [2.05, 4.69) is 12.2 Å². The van der Waals surface area contributed by atoms with E-state index < -0.39 is 10.0 Å². The van der Waals surface area contributed by atoms with Gasteiger partial charge in [-0.3, -0.25) is 4.79 Å². The number of anilines is 1. The number of sulfonamides is 1. The van der Waals surface area contributed by atoms with Gasteiger partial charge in [-0.1, -0.05) is 13.8 Å². The highest BCUT2D eigenvalue weighted by Crippen LogP contribution is 2.24. The van der Waals surface area contributed by atoms with Crippen molar-refractivity contribution in [2.45, 2.75) is 38.0 Å². The molecule has 0 bridgehead atoms. The maximum Gasteiger partial charge on any atom is 0.243 e. The first kappa shape index (κ1) is 16.0. The number of hydrogen-bond acceptors (Lipinski definition) is 3. The van der Waals surface area contributed by atoms with Gasteiger partial charge in [-0.2, -0.15) is 4.31 Å². The van der Waals surface area contributed by atoms with Crippen molar-refractivity contribution in [3.8, 4) is 0 Å². The molecule has 0 aromatic heterocycles. The standard InChI is InChI=1S/C15H22N2O3S/c1-3-15(18)16-13-6-8-14(9-7-13)21(19,20)17-10-4-5-12(2)11-17/h6-9,12H,3-5,10-11H2,1-2H3,(H,16,18). The molecule has 0 aliphatic carbocycles. The highest BCUT2D eigenvalue weighted by molar-refractivity contribution is 7.89. The van der Waals surface area contributed by atoms with Crippen molar-refractivity contribution in [3.05, 3.63) is 24.3 Å². The molecular formula is C15H22N2O3S. The van der Waals surface area contributed by atoms with Crippen LogP contribution in [0.5, 0.6) is 0 Å². The van der Waals surface area contributed by atoms with Crippen molar-refractivity contribution in [2.24, 2.45) is 5.92 Å². The van der Waals surface area contributed by atoms with Crippen LogP contribution in [0, 0.1) is 5.92 Å². The molecular weight excluding hydrogens is 288 g/mol. The van der Waals surface area contributed by atoms with E-state index in [9.17, 15) is 13.2 Å². The van der Waals surface area contributed by atoms with Gasteiger partial charge in [0.15, 0.2) is 0 Å². The van der Waals surface area contributed by atoms with E-state index in [4.69, 9.17) is 0 Å². The average molecular weight is 310 g/mol. The molecule has 1 N–H and O–H groups in total. The summed E-state index contributed by atoms with van der Waals surface area (Å²) in [5, 5.41) is 2.71. The Bertz CT molecular complexity index is 596. The van der Waals surface area contributed by atoms with E-state index in [1.807, 2.05) is 0 Å². The van der Waals surface area contributed by atoms with Crippen molar-refractivity contribution < 1.29 is 13.2 Å². The van der Waals surface area contributed by atoms with Crippen LogP contribution < -0.4 is 5.32 Å². The van der Waals surface area contributed by atoms with Gasteiger partial charge in [0.05, 0.1) is 4.90 Å². The summed E-state index contributed by atoms with van der Waals surface area (Å²) in [4.78, 5) is 11.6. The Hall–Kier alpha value is -1.40. The fourth-order valence-electron chi connectivity index (χ4n) is 2.47. The third kappa shape index (κ3) is 3.83. The Kier molecular flexibility index (Phi) is 5.00. The highest BCUT2D eigenvalue weighted by Gasteiger charge is 2.28. The predicted molar refractivity (Wildman–Crippen MR) is 82.5 cm³/mol. The van der Waals surface area contributed by atoms with Gasteiger partial charge >= 0.3 is 0 Å². The summed E-state index contributed by atoms with van der Waals surface area (Å²) in [6.07, 6.45) is 2.38. The van der Waals surface area contributed by atoms with Crippen molar-refractivity contribution in [2.75, 3.05) is 18.4 Å². The van der Waals surface area contributed by atoms with Gasteiger partial charge in [0, 0.05) is 25.2 Å². The van der Waals surface area contributed by atoms with Crippen LogP contribution in [0.15, 0.2) is 29.2 Å². The minimum Gasteiger partial charge on any atom is -0.326 e. The quantitative estimate of drug-likeness (QED) is 0.929. The molecule has 1 heterocycles. The van der Waals surface area contributed by atoms with Gasteiger partial charge < -0.3 is 5.32 Å². The predicted octanol–water partition coefficient (Wildman–Crippen LogP) is 2.46. The van der Waals surface area contributed by atoms with Crippen LogP contribution in [0.25, 0.3) is 0 Å². The Morgan fingerprint density at radius 2 is 2.00 bits per heavy atom. The Labute approximate surface area is 126 Å². The molecule has 0 saturated carbocycles. The third-order valence-corrected chi connectivity index (χ3v) is 5.60. The number of carbonyl (C=O) groups is 1. The number of carbonyl (C=O) groups excluding carboxylic acids is 1. The summed E-state index contributed by atoms with van der Waals surface area (Å²) in [5.41, 5.74) is 0.618. The topological polar surface area (TPSA) is 66.5 Å². The van der Waals surface area contributed by atoms with Crippen LogP contribution in [-0.2, 0) is 14.8 Å². The monoisotopic (exact) mass is 310 g/mol. The lowest BCUT2D eigenvalue weighted by Gasteiger charge is -2.30. The number of benzene rings is 1. The molecule has 1 aliphatic rings. The Balaban J connectivity index is 2.15. The smallest absolute Gasteiger partial charge is 0.243 e. The molecule has 1 saturated heterocycles. The molecule has 1 aromatic carbocycles. The SMILES string of the molecule is CCC(=O)Nc1ccc(S(=O)(=O)N2CCCC(C)C2)cc1. The molecule has 1 aromatic rings. The summed E-state index contributed by atoms with van der Waals surface area (Å²) >= 11 is 0. The molecule has 1 amide bonds. The molecule has 116 valence electrons. The first-order valence-electron chi connectivity index (χ1n) is 7.33. The lowest BCUT2D eigenvalue weighted by atomic mass is 10.0. The summed E-state index contributed by atoms with van der Waals surface area (Å²) in [5.74, 6) is 0.312. The van der Waals surface area contributed by atoms with E-state index in [0.717, 1.165) is 12.8 Å². The third-order valence-electron chi connectivity index (χ3n) is 3.72. The van der Waals surface area contributed by atoms with E-state index in [-0.39, 0.29) is 10.8 Å². The van der Waals surface area contributed by atoms with Crippen LogP contribution in [0.1, 0.15) is 33.1 Å². The molecule has 1 atom stereocenters.